The van der Waals surface area contributed by atoms with E-state index in [9.17, 15) is 9.59 Å². The Balaban J connectivity index is 1.82. The predicted octanol–water partition coefficient (Wildman–Crippen LogP) is 3.83. The molecule has 2 aromatic carbocycles. The molecule has 30 heavy (non-hydrogen) atoms. The maximum absolute atomic E-state index is 12.9. The molecule has 7 nitrogen and oxygen atoms in total. The van der Waals surface area contributed by atoms with Gasteiger partial charge in [0.2, 0.25) is 0 Å². The van der Waals surface area contributed by atoms with Crippen LogP contribution in [0, 0.1) is 0 Å². The van der Waals surface area contributed by atoms with Crippen molar-refractivity contribution in [2.75, 3.05) is 24.8 Å². The number of esters is 1. The van der Waals surface area contributed by atoms with Crippen molar-refractivity contribution < 1.29 is 23.8 Å². The fraction of sp³-hybridized carbons (Fsp3) is 0.261. The smallest absolute Gasteiger partial charge is 0.344 e. The molecule has 0 aliphatic carbocycles. The van der Waals surface area contributed by atoms with Gasteiger partial charge < -0.3 is 14.2 Å². The molecule has 0 aromatic heterocycles. The molecule has 0 saturated carbocycles. The van der Waals surface area contributed by atoms with Crippen LogP contribution in [-0.2, 0) is 14.3 Å². The average Bonchev–Trinajstić information content (AvgIpc) is 3.02. The third-order valence-corrected chi connectivity index (χ3v) is 4.29. The van der Waals surface area contributed by atoms with Crippen molar-refractivity contribution in [3.63, 3.8) is 0 Å². The zero-order valence-electron chi connectivity index (χ0n) is 17.3. The number of carbonyl (C=O) groups excluding carboxylic acids is 2. The minimum atomic E-state index is -0.449. The Morgan fingerprint density at radius 1 is 1.03 bits per heavy atom. The van der Waals surface area contributed by atoms with Crippen molar-refractivity contribution in [2.24, 2.45) is 5.10 Å². The molecule has 0 N–H and O–H groups in total. The number of hydrazone groups is 1. The topological polar surface area (TPSA) is 77.4 Å². The first-order valence-electron chi connectivity index (χ1n) is 9.75. The summed E-state index contributed by atoms with van der Waals surface area (Å²) in [5, 5.41) is 5.78. The Labute approximate surface area is 175 Å². The first-order valence-corrected chi connectivity index (χ1v) is 9.75. The van der Waals surface area contributed by atoms with Gasteiger partial charge in [-0.25, -0.2) is 4.79 Å². The molecule has 0 fully saturated rings. The zero-order chi connectivity index (χ0) is 21.5. The van der Waals surface area contributed by atoms with Crippen LogP contribution in [-0.4, -0.2) is 37.4 Å². The number of ether oxygens (including phenoxy) is 3. The summed E-state index contributed by atoms with van der Waals surface area (Å²) in [7, 11) is 0. The van der Waals surface area contributed by atoms with Gasteiger partial charge in [-0.05, 0) is 56.7 Å². The molecule has 0 spiro atoms. The highest BCUT2D eigenvalue weighted by Crippen LogP contribution is 2.31. The van der Waals surface area contributed by atoms with Crippen molar-refractivity contribution in [3.05, 3.63) is 59.7 Å². The van der Waals surface area contributed by atoms with Crippen LogP contribution in [0.4, 0.5) is 5.69 Å². The van der Waals surface area contributed by atoms with Gasteiger partial charge in [-0.2, -0.15) is 10.1 Å². The Morgan fingerprint density at radius 3 is 2.50 bits per heavy atom. The van der Waals surface area contributed by atoms with Gasteiger partial charge in [0.25, 0.3) is 5.91 Å². The average molecular weight is 408 g/mol. The van der Waals surface area contributed by atoms with E-state index < -0.39 is 5.97 Å². The lowest BCUT2D eigenvalue weighted by molar-refractivity contribution is -0.145. The van der Waals surface area contributed by atoms with Gasteiger partial charge in [-0.15, -0.1) is 0 Å². The number of hydrogen-bond acceptors (Lipinski definition) is 6. The van der Waals surface area contributed by atoms with Gasteiger partial charge in [-0.1, -0.05) is 24.3 Å². The minimum Gasteiger partial charge on any atom is -0.490 e. The number of benzene rings is 2. The van der Waals surface area contributed by atoms with E-state index in [1.165, 1.54) is 5.01 Å². The number of nitrogens with zero attached hydrogens (tertiary/aromatic N) is 2. The molecule has 3 rings (SSSR count). The molecular weight excluding hydrogens is 384 g/mol. The first kappa shape index (κ1) is 21.1. The van der Waals surface area contributed by atoms with Crippen LogP contribution in [0.5, 0.6) is 11.5 Å². The molecule has 0 saturated heterocycles. The number of carbonyl (C=O) groups is 2. The van der Waals surface area contributed by atoms with E-state index in [0.717, 1.165) is 5.56 Å². The molecule has 0 atom stereocenters. The molecule has 2 aromatic rings. The van der Waals surface area contributed by atoms with Gasteiger partial charge >= 0.3 is 5.97 Å². The molecule has 0 unspecified atom stereocenters. The Hall–Kier alpha value is -3.61. The number of hydrogen-bond donors (Lipinski definition) is 0. The summed E-state index contributed by atoms with van der Waals surface area (Å²) in [6.07, 6.45) is 1.77. The maximum Gasteiger partial charge on any atom is 0.344 e. The summed E-state index contributed by atoms with van der Waals surface area (Å²) in [5.41, 5.74) is 2.60. The molecule has 1 aliphatic heterocycles. The molecule has 1 aliphatic rings. The third kappa shape index (κ3) is 4.86. The van der Waals surface area contributed by atoms with Crippen molar-refractivity contribution in [3.8, 4) is 11.5 Å². The normalized spacial score (nSPS) is 14.6. The Kier molecular flexibility index (Phi) is 6.85. The van der Waals surface area contributed by atoms with Crippen LogP contribution >= 0.6 is 0 Å². The first-order chi connectivity index (χ1) is 14.5. The Bertz CT molecular complexity index is 982. The van der Waals surface area contributed by atoms with E-state index in [-0.39, 0.29) is 12.5 Å². The summed E-state index contributed by atoms with van der Waals surface area (Å²) in [6.45, 7) is 5.91. The lowest BCUT2D eigenvalue weighted by Crippen LogP contribution is -2.21. The summed E-state index contributed by atoms with van der Waals surface area (Å²) in [4.78, 5) is 24.4. The largest absolute Gasteiger partial charge is 0.490 e. The Morgan fingerprint density at radius 2 is 1.80 bits per heavy atom. The molecule has 7 heteroatoms. The fourth-order valence-corrected chi connectivity index (χ4v) is 2.94. The van der Waals surface area contributed by atoms with Crippen LogP contribution in [0.15, 0.2) is 59.2 Å². The van der Waals surface area contributed by atoms with Crippen LogP contribution < -0.4 is 14.5 Å². The van der Waals surface area contributed by atoms with Crippen LogP contribution in [0.3, 0.4) is 0 Å². The highest BCUT2D eigenvalue weighted by molar-refractivity contribution is 6.32. The lowest BCUT2D eigenvalue weighted by Gasteiger charge is -2.13. The van der Waals surface area contributed by atoms with Crippen molar-refractivity contribution in [1.82, 2.24) is 0 Å². The summed E-state index contributed by atoms with van der Waals surface area (Å²) >= 11 is 0. The van der Waals surface area contributed by atoms with Crippen molar-refractivity contribution in [2.45, 2.75) is 20.8 Å². The standard InChI is InChI=1S/C23H24N2O5/c1-4-28-21-14-17(11-12-20(21)30-15-22(26)29-5-2)13-19-16(3)24-25(23(19)27)18-9-7-6-8-10-18/h6-14H,4-5,15H2,1-3H3/b19-13-. The van der Waals surface area contributed by atoms with Crippen molar-refractivity contribution in [1.29, 1.82) is 0 Å². The maximum atomic E-state index is 12.9. The lowest BCUT2D eigenvalue weighted by atomic mass is 10.1. The van der Waals surface area contributed by atoms with Crippen LogP contribution in [0.2, 0.25) is 0 Å². The van der Waals surface area contributed by atoms with E-state index >= 15 is 0 Å². The minimum absolute atomic E-state index is 0.195. The van der Waals surface area contributed by atoms with Crippen molar-refractivity contribution >= 4 is 29.4 Å². The summed E-state index contributed by atoms with van der Waals surface area (Å²) < 4.78 is 16.1. The molecular formula is C23H24N2O5. The highest BCUT2D eigenvalue weighted by Gasteiger charge is 2.28. The van der Waals surface area contributed by atoms with Crippen LogP contribution in [0.25, 0.3) is 6.08 Å². The quantitative estimate of drug-likeness (QED) is 0.490. The predicted molar refractivity (Wildman–Crippen MR) is 115 cm³/mol. The second-order valence-electron chi connectivity index (χ2n) is 6.43. The monoisotopic (exact) mass is 408 g/mol. The van der Waals surface area contributed by atoms with E-state index in [1.54, 1.807) is 38.1 Å². The number of amides is 1. The van der Waals surface area contributed by atoms with E-state index in [2.05, 4.69) is 5.10 Å². The summed E-state index contributed by atoms with van der Waals surface area (Å²) in [5.74, 6) is 0.270. The van der Waals surface area contributed by atoms with Gasteiger partial charge in [-0.3, -0.25) is 4.79 Å². The fourth-order valence-electron chi connectivity index (χ4n) is 2.94. The van der Waals surface area contributed by atoms with Gasteiger partial charge in [0, 0.05) is 0 Å². The molecule has 1 heterocycles. The van der Waals surface area contributed by atoms with E-state index in [1.807, 2.05) is 37.3 Å². The summed E-state index contributed by atoms with van der Waals surface area (Å²) in [6, 6.07) is 14.5. The molecule has 1 amide bonds. The number of rotatable bonds is 8. The van der Waals surface area contributed by atoms with Gasteiger partial charge in [0.1, 0.15) is 0 Å². The van der Waals surface area contributed by atoms with E-state index in [4.69, 9.17) is 14.2 Å². The van der Waals surface area contributed by atoms with E-state index in [0.29, 0.717) is 41.7 Å². The SMILES string of the molecule is CCOC(=O)COc1ccc(/C=C2\C(=O)N(c3ccccc3)N=C2C)cc1OCC. The highest BCUT2D eigenvalue weighted by atomic mass is 16.6. The van der Waals surface area contributed by atoms with Gasteiger partial charge in [0.15, 0.2) is 18.1 Å². The van der Waals surface area contributed by atoms with Crippen LogP contribution in [0.1, 0.15) is 26.3 Å². The second kappa shape index (κ2) is 9.73. The third-order valence-electron chi connectivity index (χ3n) is 4.29. The molecule has 156 valence electrons. The second-order valence-corrected chi connectivity index (χ2v) is 6.43. The zero-order valence-corrected chi connectivity index (χ0v) is 17.3. The van der Waals surface area contributed by atoms with Gasteiger partial charge in [0.05, 0.1) is 30.2 Å². The number of anilines is 1. The number of para-hydroxylation sites is 1. The molecule has 0 radical (unpaired) electrons. The molecule has 0 bridgehead atoms.